The molecule has 0 aliphatic heterocycles. The lowest BCUT2D eigenvalue weighted by atomic mass is 10.1. The van der Waals surface area contributed by atoms with Gasteiger partial charge in [-0.25, -0.2) is 0 Å². The molecule has 3 aromatic rings. The molecule has 1 heterocycles. The number of hydrogen-bond acceptors (Lipinski definition) is 1. The lowest BCUT2D eigenvalue weighted by molar-refractivity contribution is -0.137. The minimum Gasteiger partial charge on any atom is -0.317 e. The first kappa shape index (κ1) is 13.4. The van der Waals surface area contributed by atoms with E-state index in [2.05, 4.69) is 0 Å². The van der Waals surface area contributed by atoms with Crippen molar-refractivity contribution >= 4 is 17.2 Å². The molecule has 2 aromatic carbocycles. The Morgan fingerprint density at radius 1 is 0.952 bits per heavy atom. The number of halogens is 3. The van der Waals surface area contributed by atoms with Crippen molar-refractivity contribution in [2.45, 2.75) is 6.18 Å². The predicted molar refractivity (Wildman–Crippen MR) is 73.7 cm³/mol. The molecule has 3 rings (SSSR count). The number of nitrogens with zero attached hydrogens (tertiary/aromatic N) is 1. The second kappa shape index (κ2) is 4.77. The van der Waals surface area contributed by atoms with Gasteiger partial charge in [0.05, 0.1) is 11.1 Å². The number of rotatable bonds is 2. The number of aldehydes is 1. The third kappa shape index (κ3) is 2.42. The Morgan fingerprint density at radius 2 is 1.67 bits per heavy atom. The number of carbonyl (C=O) groups excluding carboxylic acids is 1. The maximum Gasteiger partial charge on any atom is 0.416 e. The Bertz CT molecular complexity index is 800. The summed E-state index contributed by atoms with van der Waals surface area (Å²) in [5.74, 6) is 0. The summed E-state index contributed by atoms with van der Waals surface area (Å²) >= 11 is 0. The van der Waals surface area contributed by atoms with Gasteiger partial charge in [0.1, 0.15) is 6.29 Å². The fraction of sp³-hybridized carbons (Fsp3) is 0.0625. The maximum absolute atomic E-state index is 12.6. The van der Waals surface area contributed by atoms with E-state index in [1.807, 2.05) is 6.07 Å². The van der Waals surface area contributed by atoms with Crippen molar-refractivity contribution in [3.05, 3.63) is 65.9 Å². The topological polar surface area (TPSA) is 22.0 Å². The van der Waals surface area contributed by atoms with Crippen LogP contribution < -0.4 is 0 Å². The Kier molecular flexibility index (Phi) is 3.05. The van der Waals surface area contributed by atoms with Crippen LogP contribution >= 0.6 is 0 Å². The van der Waals surface area contributed by atoms with Gasteiger partial charge in [-0.3, -0.25) is 4.79 Å². The van der Waals surface area contributed by atoms with Gasteiger partial charge in [0, 0.05) is 17.4 Å². The standard InChI is InChI=1S/C16H10F3NO/c17-16(18,19)13-3-5-14(6-4-13)20-8-7-12-2-1-11(10-21)9-15(12)20/h1-10H. The highest BCUT2D eigenvalue weighted by Gasteiger charge is 2.30. The molecule has 0 fully saturated rings. The van der Waals surface area contributed by atoms with E-state index < -0.39 is 11.7 Å². The number of benzene rings is 2. The SMILES string of the molecule is O=Cc1ccc2ccn(-c3ccc(C(F)(F)F)cc3)c2c1. The molecule has 0 amide bonds. The molecule has 0 aliphatic carbocycles. The molecule has 0 atom stereocenters. The average molecular weight is 289 g/mol. The quantitative estimate of drug-likeness (QED) is 0.638. The Morgan fingerprint density at radius 3 is 2.29 bits per heavy atom. The van der Waals surface area contributed by atoms with E-state index in [0.717, 1.165) is 29.3 Å². The van der Waals surface area contributed by atoms with Gasteiger partial charge >= 0.3 is 6.18 Å². The van der Waals surface area contributed by atoms with Crippen molar-refractivity contribution in [2.75, 3.05) is 0 Å². The van der Waals surface area contributed by atoms with Crippen LogP contribution in [0, 0.1) is 0 Å². The monoisotopic (exact) mass is 289 g/mol. The first-order chi connectivity index (χ1) is 9.99. The molecule has 1 aromatic heterocycles. The van der Waals surface area contributed by atoms with Crippen molar-refractivity contribution in [1.82, 2.24) is 4.57 Å². The van der Waals surface area contributed by atoms with Gasteiger partial charge in [-0.05, 0) is 41.8 Å². The van der Waals surface area contributed by atoms with Crippen LogP contribution in [0.2, 0.25) is 0 Å². The second-order valence-electron chi connectivity index (χ2n) is 4.67. The molecular formula is C16H10F3NO. The van der Waals surface area contributed by atoms with E-state index in [1.165, 1.54) is 12.1 Å². The minimum atomic E-state index is -4.35. The molecule has 0 spiro atoms. The summed E-state index contributed by atoms with van der Waals surface area (Å²) in [7, 11) is 0. The zero-order valence-corrected chi connectivity index (χ0v) is 10.8. The maximum atomic E-state index is 12.6. The second-order valence-corrected chi connectivity index (χ2v) is 4.67. The van der Waals surface area contributed by atoms with E-state index in [0.29, 0.717) is 11.3 Å². The van der Waals surface area contributed by atoms with E-state index in [9.17, 15) is 18.0 Å². The van der Waals surface area contributed by atoms with Crippen molar-refractivity contribution in [2.24, 2.45) is 0 Å². The Balaban J connectivity index is 2.10. The van der Waals surface area contributed by atoms with Gasteiger partial charge in [0.15, 0.2) is 0 Å². The molecule has 106 valence electrons. The number of fused-ring (bicyclic) bond motifs is 1. The van der Waals surface area contributed by atoms with Crippen LogP contribution in [0.15, 0.2) is 54.7 Å². The molecule has 0 aliphatic rings. The first-order valence-electron chi connectivity index (χ1n) is 6.23. The van der Waals surface area contributed by atoms with Crippen LogP contribution in [0.3, 0.4) is 0 Å². The van der Waals surface area contributed by atoms with Gasteiger partial charge in [-0.1, -0.05) is 12.1 Å². The fourth-order valence-electron chi connectivity index (χ4n) is 2.25. The third-order valence-electron chi connectivity index (χ3n) is 3.33. The van der Waals surface area contributed by atoms with Gasteiger partial charge in [-0.15, -0.1) is 0 Å². The summed E-state index contributed by atoms with van der Waals surface area (Å²) in [6, 6.07) is 12.0. The van der Waals surface area contributed by atoms with Crippen LogP contribution in [0.5, 0.6) is 0 Å². The molecule has 0 bridgehead atoms. The summed E-state index contributed by atoms with van der Waals surface area (Å²) in [5, 5.41) is 0.917. The van der Waals surface area contributed by atoms with E-state index in [-0.39, 0.29) is 0 Å². The zero-order valence-electron chi connectivity index (χ0n) is 10.8. The Labute approximate surface area is 118 Å². The number of hydrogen-bond donors (Lipinski definition) is 0. The average Bonchev–Trinajstić information content (AvgIpc) is 2.89. The Hall–Kier alpha value is -2.56. The fourth-order valence-corrected chi connectivity index (χ4v) is 2.25. The highest BCUT2D eigenvalue weighted by molar-refractivity contribution is 5.88. The first-order valence-corrected chi connectivity index (χ1v) is 6.23. The molecular weight excluding hydrogens is 279 g/mol. The molecule has 5 heteroatoms. The number of carbonyl (C=O) groups is 1. The summed E-state index contributed by atoms with van der Waals surface area (Å²) in [4.78, 5) is 10.8. The molecule has 0 saturated carbocycles. The molecule has 0 N–H and O–H groups in total. The number of aromatic nitrogens is 1. The molecule has 0 saturated heterocycles. The summed E-state index contributed by atoms with van der Waals surface area (Å²) < 4.78 is 39.5. The van der Waals surface area contributed by atoms with Crippen LogP contribution in [0.1, 0.15) is 15.9 Å². The zero-order chi connectivity index (χ0) is 15.0. The normalized spacial score (nSPS) is 11.8. The molecule has 2 nitrogen and oxygen atoms in total. The summed E-state index contributed by atoms with van der Waals surface area (Å²) in [6.45, 7) is 0. The van der Waals surface area contributed by atoms with Crippen molar-refractivity contribution < 1.29 is 18.0 Å². The van der Waals surface area contributed by atoms with Crippen LogP contribution in [0.4, 0.5) is 13.2 Å². The largest absolute Gasteiger partial charge is 0.416 e. The minimum absolute atomic E-state index is 0.523. The summed E-state index contributed by atoms with van der Waals surface area (Å²) in [6.07, 6.45) is -1.84. The highest BCUT2D eigenvalue weighted by Crippen LogP contribution is 2.30. The van der Waals surface area contributed by atoms with Crippen molar-refractivity contribution in [1.29, 1.82) is 0 Å². The van der Waals surface area contributed by atoms with E-state index in [1.54, 1.807) is 29.0 Å². The van der Waals surface area contributed by atoms with Gasteiger partial charge in [0.2, 0.25) is 0 Å². The molecule has 21 heavy (non-hydrogen) atoms. The predicted octanol–water partition coefficient (Wildman–Crippen LogP) is 4.46. The van der Waals surface area contributed by atoms with Gasteiger partial charge in [-0.2, -0.15) is 13.2 Å². The highest BCUT2D eigenvalue weighted by atomic mass is 19.4. The van der Waals surface area contributed by atoms with Crippen LogP contribution in [-0.4, -0.2) is 10.9 Å². The third-order valence-corrected chi connectivity index (χ3v) is 3.33. The molecule has 0 radical (unpaired) electrons. The van der Waals surface area contributed by atoms with Gasteiger partial charge in [0.25, 0.3) is 0 Å². The van der Waals surface area contributed by atoms with Gasteiger partial charge < -0.3 is 4.57 Å². The summed E-state index contributed by atoms with van der Waals surface area (Å²) in [5.41, 5.74) is 1.23. The smallest absolute Gasteiger partial charge is 0.317 e. The van der Waals surface area contributed by atoms with Crippen LogP contribution in [-0.2, 0) is 6.18 Å². The lowest BCUT2D eigenvalue weighted by Gasteiger charge is -2.09. The van der Waals surface area contributed by atoms with E-state index in [4.69, 9.17) is 0 Å². The van der Waals surface area contributed by atoms with Crippen LogP contribution in [0.25, 0.3) is 16.6 Å². The number of alkyl halides is 3. The van der Waals surface area contributed by atoms with Crippen molar-refractivity contribution in [3.8, 4) is 5.69 Å². The van der Waals surface area contributed by atoms with E-state index >= 15 is 0 Å². The van der Waals surface area contributed by atoms with Crippen molar-refractivity contribution in [3.63, 3.8) is 0 Å². The molecule has 0 unspecified atom stereocenters. The lowest BCUT2D eigenvalue weighted by Crippen LogP contribution is -2.04.